The second-order valence-corrected chi connectivity index (χ2v) is 13.7. The van der Waals surface area contributed by atoms with Crippen LogP contribution in [0.5, 0.6) is 0 Å². The van der Waals surface area contributed by atoms with Gasteiger partial charge in [0.25, 0.3) is 5.01 Å². The maximum absolute atomic E-state index is 11.2. The van der Waals surface area contributed by atoms with Crippen molar-refractivity contribution in [3.63, 3.8) is 0 Å². The van der Waals surface area contributed by atoms with Crippen molar-refractivity contribution in [2.45, 2.75) is 38.1 Å². The van der Waals surface area contributed by atoms with Crippen molar-refractivity contribution in [3.05, 3.63) is 57.0 Å². The van der Waals surface area contributed by atoms with E-state index in [0.717, 1.165) is 42.0 Å². The summed E-state index contributed by atoms with van der Waals surface area (Å²) in [5.74, 6) is -0.866. The molecule has 0 aliphatic carbocycles. The van der Waals surface area contributed by atoms with Gasteiger partial charge >= 0.3 is 0 Å². The van der Waals surface area contributed by atoms with Gasteiger partial charge in [0, 0.05) is 41.7 Å². The number of thioether (sulfide) groups is 1. The van der Waals surface area contributed by atoms with Crippen LogP contribution >= 0.6 is 23.1 Å². The summed E-state index contributed by atoms with van der Waals surface area (Å²) >= 11 is 3.14. The molecule has 1 aliphatic rings. The predicted molar refractivity (Wildman–Crippen MR) is 137 cm³/mol. The first-order chi connectivity index (χ1) is 16.4. The molecule has 0 spiro atoms. The van der Waals surface area contributed by atoms with Crippen LogP contribution in [0.25, 0.3) is 16.8 Å². The summed E-state index contributed by atoms with van der Waals surface area (Å²) in [5, 5.41) is 3.90. The zero-order valence-corrected chi connectivity index (χ0v) is 22.5. The minimum absolute atomic E-state index is 0.191. The number of aryl methyl sites for hydroxylation is 1. The molecule has 12 heteroatoms. The van der Waals surface area contributed by atoms with Crippen molar-refractivity contribution >= 4 is 65.9 Å². The monoisotopic (exact) mass is 553 g/mol. The summed E-state index contributed by atoms with van der Waals surface area (Å²) in [6, 6.07) is 12.1. The Balaban J connectivity index is 1.73. The van der Waals surface area contributed by atoms with Crippen molar-refractivity contribution in [2.75, 3.05) is 23.0 Å². The van der Waals surface area contributed by atoms with E-state index in [9.17, 15) is 25.9 Å². The smallest absolute Gasteiger partial charge is 0.264 e. The maximum atomic E-state index is 11.2. The molecule has 0 unspecified atom stereocenters. The molecular formula is C23H25N2O6S4-. The van der Waals surface area contributed by atoms with Gasteiger partial charge in [-0.15, -0.1) is 0 Å². The van der Waals surface area contributed by atoms with E-state index in [1.165, 1.54) is 0 Å². The molecule has 0 N–H and O–H groups in total. The number of thiazole rings is 1. The average Bonchev–Trinajstić information content (AvgIpc) is 3.24. The number of hydrogen-bond donors (Lipinski definition) is 0. The van der Waals surface area contributed by atoms with E-state index < -0.39 is 31.7 Å². The highest BCUT2D eigenvalue weighted by atomic mass is 32.2. The minimum Gasteiger partial charge on any atom is -0.748 e. The second-order valence-electron chi connectivity index (χ2n) is 8.33. The van der Waals surface area contributed by atoms with E-state index in [-0.39, 0.29) is 12.8 Å². The van der Waals surface area contributed by atoms with Crippen LogP contribution in [-0.4, -0.2) is 44.0 Å². The number of fused-ring (bicyclic) bond motifs is 3. The van der Waals surface area contributed by atoms with E-state index in [2.05, 4.69) is 4.90 Å². The number of hydrogen-bond acceptors (Lipinski definition) is 9. The quantitative estimate of drug-likeness (QED) is 0.291. The SMILES string of the molecule is Cc1sc(C=C2Sc3ccc4ccccc4c3N2CCCS(=O)(=O)[O-])[n+](CCCS(=O)(=O)[O-])c1C. The summed E-state index contributed by atoms with van der Waals surface area (Å²) < 4.78 is 68.9. The van der Waals surface area contributed by atoms with Crippen LogP contribution in [0, 0.1) is 13.8 Å². The molecule has 2 aromatic carbocycles. The van der Waals surface area contributed by atoms with Crippen LogP contribution in [0.4, 0.5) is 5.69 Å². The lowest BCUT2D eigenvalue weighted by Crippen LogP contribution is -2.38. The first-order valence-electron chi connectivity index (χ1n) is 11.0. The Morgan fingerprint density at radius 3 is 2.37 bits per heavy atom. The average molecular weight is 554 g/mol. The van der Waals surface area contributed by atoms with Gasteiger partial charge in [0.1, 0.15) is 0 Å². The van der Waals surface area contributed by atoms with Gasteiger partial charge in [-0.05, 0) is 24.8 Å². The molecule has 3 aromatic rings. The molecule has 0 saturated carbocycles. The third kappa shape index (κ3) is 6.25. The molecular weight excluding hydrogens is 529 g/mol. The number of benzene rings is 2. The third-order valence-corrected chi connectivity index (χ3v) is 9.67. The Bertz CT molecular complexity index is 1510. The van der Waals surface area contributed by atoms with Crippen molar-refractivity contribution in [1.29, 1.82) is 0 Å². The standard InChI is InChI=1S/C23H26N2O6S4/c1-16-17(2)32-21(24(16)11-5-13-34(26,27)28)15-22-25(12-6-14-35(29,30)31)23-19-8-4-3-7-18(19)9-10-20(23)33-22/h3-4,7-10,15H,5-6,11-14H2,1-2H3,(H-,26,27,28,29,30,31)/p-1. The van der Waals surface area contributed by atoms with Crippen LogP contribution in [0.15, 0.2) is 46.3 Å². The van der Waals surface area contributed by atoms with Gasteiger partial charge in [-0.3, -0.25) is 0 Å². The van der Waals surface area contributed by atoms with Gasteiger partial charge in [-0.2, -0.15) is 4.57 Å². The predicted octanol–water partition coefficient (Wildman–Crippen LogP) is 3.59. The van der Waals surface area contributed by atoms with Gasteiger partial charge in [0.15, 0.2) is 12.2 Å². The molecule has 1 aliphatic heterocycles. The van der Waals surface area contributed by atoms with Crippen molar-refractivity contribution in [1.82, 2.24) is 0 Å². The van der Waals surface area contributed by atoms with Crippen LogP contribution in [0.2, 0.25) is 0 Å². The molecule has 0 saturated heterocycles. The molecule has 4 rings (SSSR count). The fraction of sp³-hybridized carbons (Fsp3) is 0.348. The molecule has 1 aromatic heterocycles. The van der Waals surface area contributed by atoms with E-state index in [0.29, 0.717) is 13.1 Å². The topological polar surface area (TPSA) is 122 Å². The Morgan fingerprint density at radius 1 is 0.971 bits per heavy atom. The van der Waals surface area contributed by atoms with Crippen molar-refractivity contribution < 1.29 is 30.5 Å². The summed E-state index contributed by atoms with van der Waals surface area (Å²) in [6.45, 7) is 4.70. The summed E-state index contributed by atoms with van der Waals surface area (Å²) in [7, 11) is -8.61. The minimum atomic E-state index is -4.32. The molecule has 2 heterocycles. The van der Waals surface area contributed by atoms with Crippen molar-refractivity contribution in [3.8, 4) is 0 Å². The highest BCUT2D eigenvalue weighted by Gasteiger charge is 2.29. The molecule has 0 bridgehead atoms. The van der Waals surface area contributed by atoms with Crippen LogP contribution in [0.1, 0.15) is 28.4 Å². The summed E-state index contributed by atoms with van der Waals surface area (Å²) in [6.07, 6.45) is 2.42. The Kier molecular flexibility index (Phi) is 7.60. The van der Waals surface area contributed by atoms with Gasteiger partial charge in [-0.1, -0.05) is 53.4 Å². The number of aromatic nitrogens is 1. The first kappa shape index (κ1) is 26.1. The highest BCUT2D eigenvalue weighted by Crippen LogP contribution is 2.50. The number of rotatable bonds is 9. The fourth-order valence-corrected chi connectivity index (χ4v) is 7.40. The lowest BCUT2D eigenvalue weighted by molar-refractivity contribution is -0.699. The maximum Gasteiger partial charge on any atom is 0.264 e. The normalized spacial score (nSPS) is 15.3. The van der Waals surface area contributed by atoms with E-state index in [1.54, 1.807) is 23.1 Å². The Labute approximate surface area is 213 Å². The second kappa shape index (κ2) is 10.2. The molecule has 0 radical (unpaired) electrons. The van der Waals surface area contributed by atoms with Gasteiger partial charge < -0.3 is 14.0 Å². The fourth-order valence-electron chi connectivity index (χ4n) is 4.13. The van der Waals surface area contributed by atoms with Crippen LogP contribution in [0.3, 0.4) is 0 Å². The summed E-state index contributed by atoms with van der Waals surface area (Å²) in [5.41, 5.74) is 1.98. The molecule has 0 fully saturated rings. The van der Waals surface area contributed by atoms with Gasteiger partial charge in [-0.25, -0.2) is 16.8 Å². The Morgan fingerprint density at radius 2 is 1.66 bits per heavy atom. The highest BCUT2D eigenvalue weighted by molar-refractivity contribution is 8.04. The first-order valence-corrected chi connectivity index (χ1v) is 15.8. The molecule has 8 nitrogen and oxygen atoms in total. The van der Waals surface area contributed by atoms with Crippen LogP contribution < -0.4 is 9.47 Å². The molecule has 0 amide bonds. The number of nitrogens with zero attached hydrogens (tertiary/aromatic N) is 2. The van der Waals surface area contributed by atoms with Gasteiger partial charge in [0.05, 0.1) is 41.9 Å². The lowest BCUT2D eigenvalue weighted by atomic mass is 10.1. The largest absolute Gasteiger partial charge is 0.748 e. The van der Waals surface area contributed by atoms with E-state index in [4.69, 9.17) is 0 Å². The molecule has 35 heavy (non-hydrogen) atoms. The Hall–Kier alpha value is -1.96. The zero-order valence-electron chi connectivity index (χ0n) is 19.3. The van der Waals surface area contributed by atoms with E-state index >= 15 is 0 Å². The van der Waals surface area contributed by atoms with Crippen molar-refractivity contribution in [2.24, 2.45) is 0 Å². The molecule has 188 valence electrons. The lowest BCUT2D eigenvalue weighted by Gasteiger charge is -2.22. The summed E-state index contributed by atoms with van der Waals surface area (Å²) in [4.78, 5) is 4.18. The van der Waals surface area contributed by atoms with Gasteiger partial charge in [0.2, 0.25) is 0 Å². The number of anilines is 1. The van der Waals surface area contributed by atoms with Crippen LogP contribution in [-0.2, 0) is 26.8 Å². The molecule has 0 atom stereocenters. The third-order valence-electron chi connectivity index (χ3n) is 5.85. The zero-order chi connectivity index (χ0) is 25.4. The van der Waals surface area contributed by atoms with E-state index in [1.807, 2.05) is 60.9 Å².